The van der Waals surface area contributed by atoms with E-state index in [0.29, 0.717) is 48.6 Å². The summed E-state index contributed by atoms with van der Waals surface area (Å²) < 4.78 is 16.0. The van der Waals surface area contributed by atoms with Gasteiger partial charge in [-0.15, -0.1) is 11.3 Å². The van der Waals surface area contributed by atoms with Crippen LogP contribution in [-0.4, -0.2) is 67.2 Å². The highest BCUT2D eigenvalue weighted by atomic mass is 32.1. The van der Waals surface area contributed by atoms with Gasteiger partial charge < -0.3 is 34.7 Å². The number of H-pyrrole nitrogens is 1. The Kier molecular flexibility index (Phi) is 10.5. The summed E-state index contributed by atoms with van der Waals surface area (Å²) in [4.78, 5) is 44.8. The maximum Gasteiger partial charge on any atom is 0.408 e. The number of hydrogen-bond acceptors (Lipinski definition) is 7. The number of aryl methyl sites for hydroxylation is 1. The molecule has 11 heteroatoms. The van der Waals surface area contributed by atoms with Gasteiger partial charge in [0.25, 0.3) is 5.91 Å². The van der Waals surface area contributed by atoms with Crippen molar-refractivity contribution in [2.45, 2.75) is 51.7 Å². The van der Waals surface area contributed by atoms with Gasteiger partial charge in [-0.1, -0.05) is 6.07 Å². The number of alkyl carbamates (subject to hydrolysis) is 1. The van der Waals surface area contributed by atoms with Crippen molar-refractivity contribution in [2.75, 3.05) is 33.1 Å². The second-order valence-electron chi connectivity index (χ2n) is 11.5. The van der Waals surface area contributed by atoms with E-state index >= 15 is 0 Å². The smallest absolute Gasteiger partial charge is 0.408 e. The molecule has 44 heavy (non-hydrogen) atoms. The monoisotopic (exact) mass is 620 g/mol. The van der Waals surface area contributed by atoms with Crippen LogP contribution in [0, 0.1) is 0 Å². The number of hydrogen-bond donors (Lipinski definition) is 3. The van der Waals surface area contributed by atoms with Crippen LogP contribution in [0.15, 0.2) is 60.0 Å². The quantitative estimate of drug-likeness (QED) is 0.178. The molecule has 0 spiro atoms. The van der Waals surface area contributed by atoms with Gasteiger partial charge in [-0.05, 0) is 81.5 Å². The Morgan fingerprint density at radius 2 is 1.77 bits per heavy atom. The molecule has 4 aromatic rings. The molecule has 3 amide bonds. The number of rotatable bonds is 12. The summed E-state index contributed by atoms with van der Waals surface area (Å²) >= 11 is 1.54. The van der Waals surface area contributed by atoms with Gasteiger partial charge in [0.15, 0.2) is 11.5 Å². The number of carbonyl (C=O) groups excluding carboxylic acids is 3. The van der Waals surface area contributed by atoms with Crippen molar-refractivity contribution in [3.8, 4) is 11.5 Å². The van der Waals surface area contributed by atoms with Gasteiger partial charge in [-0.2, -0.15) is 0 Å². The van der Waals surface area contributed by atoms with E-state index in [-0.39, 0.29) is 11.8 Å². The van der Waals surface area contributed by atoms with Crippen molar-refractivity contribution < 1.29 is 28.6 Å². The Hall–Kier alpha value is -4.51. The normalized spacial score (nSPS) is 12.0. The number of benzene rings is 2. The molecule has 0 saturated heterocycles. The molecule has 2 aromatic carbocycles. The highest BCUT2D eigenvalue weighted by Crippen LogP contribution is 2.30. The molecular weight excluding hydrogens is 580 g/mol. The lowest BCUT2D eigenvalue weighted by Gasteiger charge is -2.26. The Labute approximate surface area is 261 Å². The van der Waals surface area contributed by atoms with Crippen LogP contribution in [0.4, 0.5) is 10.5 Å². The molecule has 1 unspecified atom stereocenters. The zero-order valence-corrected chi connectivity index (χ0v) is 26.8. The number of anilines is 1. The Balaban J connectivity index is 1.35. The number of likely N-dealkylation sites (N-methyl/N-ethyl adjacent to an activating group) is 1. The fraction of sp³-hybridized carbons (Fsp3) is 0.364. The third kappa shape index (κ3) is 8.76. The minimum absolute atomic E-state index is 0.175. The molecule has 4 rings (SSSR count). The van der Waals surface area contributed by atoms with Crippen LogP contribution >= 0.6 is 11.3 Å². The fourth-order valence-electron chi connectivity index (χ4n) is 4.75. The highest BCUT2D eigenvalue weighted by molar-refractivity contribution is 7.09. The van der Waals surface area contributed by atoms with E-state index in [1.165, 1.54) is 0 Å². The summed E-state index contributed by atoms with van der Waals surface area (Å²) in [7, 11) is 4.85. The molecule has 0 aliphatic heterocycles. The van der Waals surface area contributed by atoms with Crippen LogP contribution in [0.25, 0.3) is 10.9 Å². The number of aromatic nitrogens is 1. The van der Waals surface area contributed by atoms with Gasteiger partial charge in [0.2, 0.25) is 5.91 Å². The number of ether oxygens (including phenoxy) is 3. The first kappa shape index (κ1) is 32.4. The molecule has 0 saturated carbocycles. The number of methoxy groups -OCH3 is 2. The predicted molar refractivity (Wildman–Crippen MR) is 173 cm³/mol. The summed E-state index contributed by atoms with van der Waals surface area (Å²) in [6, 6.07) is 15.9. The maximum atomic E-state index is 13.4. The van der Waals surface area contributed by atoms with Crippen molar-refractivity contribution in [1.29, 1.82) is 0 Å². The van der Waals surface area contributed by atoms with Crippen molar-refractivity contribution >= 4 is 45.8 Å². The van der Waals surface area contributed by atoms with E-state index in [4.69, 9.17) is 14.2 Å². The van der Waals surface area contributed by atoms with Crippen LogP contribution in [0.1, 0.15) is 48.1 Å². The molecule has 1 atom stereocenters. The zero-order valence-electron chi connectivity index (χ0n) is 26.0. The largest absolute Gasteiger partial charge is 0.493 e. The van der Waals surface area contributed by atoms with E-state index in [9.17, 15) is 14.4 Å². The number of aromatic amines is 1. The van der Waals surface area contributed by atoms with Crippen molar-refractivity contribution in [1.82, 2.24) is 15.2 Å². The first-order chi connectivity index (χ1) is 21.0. The van der Waals surface area contributed by atoms with E-state index in [2.05, 4.69) is 15.6 Å². The average molecular weight is 621 g/mol. The average Bonchev–Trinajstić information content (AvgIpc) is 3.64. The van der Waals surface area contributed by atoms with Crippen molar-refractivity contribution in [3.63, 3.8) is 0 Å². The first-order valence-corrected chi connectivity index (χ1v) is 15.3. The minimum Gasteiger partial charge on any atom is -0.493 e. The van der Waals surface area contributed by atoms with E-state index in [1.807, 2.05) is 35.7 Å². The van der Waals surface area contributed by atoms with E-state index in [1.54, 1.807) is 82.5 Å². The second-order valence-corrected chi connectivity index (χ2v) is 12.5. The van der Waals surface area contributed by atoms with Gasteiger partial charge in [0.1, 0.15) is 11.6 Å². The van der Waals surface area contributed by atoms with Gasteiger partial charge in [-0.3, -0.25) is 9.59 Å². The molecule has 0 fully saturated rings. The Bertz CT molecular complexity index is 1590. The molecule has 10 nitrogen and oxygen atoms in total. The number of thiophene rings is 1. The minimum atomic E-state index is -0.731. The molecule has 2 heterocycles. The van der Waals surface area contributed by atoms with Crippen LogP contribution in [0.2, 0.25) is 0 Å². The number of nitrogens with zero attached hydrogens (tertiary/aromatic N) is 1. The standard InChI is InChI=1S/C33H40N4O6S/c1-33(2,3)43-32(40)36-27(20-25-10-8-16-44-25)31(39)37(4)15-7-9-23-18-22-17-21(11-13-26(22)34-23)30(38)35-24-12-14-28(41-5)29(19-24)42-6/h8,10-14,16-19,27,34H,7,9,15,20H2,1-6H3,(H,35,38)(H,36,40). The lowest BCUT2D eigenvalue weighted by Crippen LogP contribution is -2.50. The molecule has 234 valence electrons. The molecule has 2 aromatic heterocycles. The molecule has 0 radical (unpaired) electrons. The van der Waals surface area contributed by atoms with E-state index in [0.717, 1.165) is 21.5 Å². The summed E-state index contributed by atoms with van der Waals surface area (Å²) in [5.41, 5.74) is 2.38. The maximum absolute atomic E-state index is 13.4. The third-order valence-corrected chi connectivity index (χ3v) is 7.77. The molecule has 0 aliphatic carbocycles. The summed E-state index contributed by atoms with van der Waals surface area (Å²) in [6.07, 6.45) is 1.19. The van der Waals surface area contributed by atoms with Gasteiger partial charge in [-0.25, -0.2) is 4.79 Å². The van der Waals surface area contributed by atoms with Crippen LogP contribution in [-0.2, 0) is 22.4 Å². The molecule has 0 aliphatic rings. The summed E-state index contributed by atoms with van der Waals surface area (Å²) in [5, 5.41) is 8.53. The Morgan fingerprint density at radius 3 is 2.45 bits per heavy atom. The van der Waals surface area contributed by atoms with Crippen LogP contribution in [0.3, 0.4) is 0 Å². The van der Waals surface area contributed by atoms with Gasteiger partial charge in [0.05, 0.1) is 14.2 Å². The van der Waals surface area contributed by atoms with Crippen molar-refractivity contribution in [3.05, 3.63) is 76.1 Å². The second kappa shape index (κ2) is 14.3. The zero-order chi connectivity index (χ0) is 31.9. The van der Waals surface area contributed by atoms with Crippen molar-refractivity contribution in [2.24, 2.45) is 0 Å². The topological polar surface area (TPSA) is 122 Å². The van der Waals surface area contributed by atoms with Crippen LogP contribution in [0.5, 0.6) is 11.5 Å². The molecule has 0 bridgehead atoms. The van der Waals surface area contributed by atoms with Crippen LogP contribution < -0.4 is 20.1 Å². The molecular formula is C33H40N4O6S. The van der Waals surface area contributed by atoms with Gasteiger partial charge >= 0.3 is 6.09 Å². The Morgan fingerprint density at radius 1 is 1.00 bits per heavy atom. The predicted octanol–water partition coefficient (Wildman–Crippen LogP) is 6.03. The number of amides is 3. The highest BCUT2D eigenvalue weighted by Gasteiger charge is 2.27. The van der Waals surface area contributed by atoms with E-state index < -0.39 is 17.7 Å². The fourth-order valence-corrected chi connectivity index (χ4v) is 5.50. The number of fused-ring (bicyclic) bond motifs is 1. The lowest BCUT2D eigenvalue weighted by atomic mass is 10.1. The summed E-state index contributed by atoms with van der Waals surface area (Å²) in [5.74, 6) is 0.698. The summed E-state index contributed by atoms with van der Waals surface area (Å²) in [6.45, 7) is 5.86. The SMILES string of the molecule is COc1ccc(NC(=O)c2ccc3[nH]c(CCCN(C)C(=O)C(Cc4cccs4)NC(=O)OC(C)(C)C)cc3c2)cc1OC. The number of nitrogens with one attached hydrogen (secondary N) is 3. The van der Waals surface area contributed by atoms with Gasteiger partial charge in [0, 0.05) is 58.8 Å². The third-order valence-electron chi connectivity index (χ3n) is 6.87. The first-order valence-electron chi connectivity index (χ1n) is 14.4. The lowest BCUT2D eigenvalue weighted by molar-refractivity contribution is -0.132. The number of carbonyl (C=O) groups is 3. The molecule has 3 N–H and O–H groups in total.